The van der Waals surface area contributed by atoms with Gasteiger partial charge in [-0.05, 0) is 67.3 Å². The van der Waals surface area contributed by atoms with Crippen LogP contribution >= 0.6 is 0 Å². The van der Waals surface area contributed by atoms with Gasteiger partial charge in [0.1, 0.15) is 0 Å². The van der Waals surface area contributed by atoms with Crippen molar-refractivity contribution in [3.63, 3.8) is 0 Å². The molecule has 1 fully saturated rings. The zero-order chi connectivity index (χ0) is 22.4. The second-order valence-corrected chi connectivity index (χ2v) is 10.7. The largest absolute Gasteiger partial charge is 0.353 e. The SMILES string of the molecule is O=C(CCNS(=O)(=O)c1ccc2c(c1)CCCC2)NC1CCN(Cc2ccccc2)CC1. The third-order valence-corrected chi connectivity index (χ3v) is 7.93. The molecule has 6 nitrogen and oxygen atoms in total. The van der Waals surface area contributed by atoms with Gasteiger partial charge in [-0.3, -0.25) is 9.69 Å². The smallest absolute Gasteiger partial charge is 0.240 e. The Hall–Kier alpha value is -2.22. The molecule has 1 saturated heterocycles. The minimum absolute atomic E-state index is 0.0975. The van der Waals surface area contributed by atoms with E-state index in [1.54, 1.807) is 12.1 Å². The van der Waals surface area contributed by atoms with E-state index in [9.17, 15) is 13.2 Å². The van der Waals surface area contributed by atoms with Crippen LogP contribution in [0.1, 0.15) is 48.8 Å². The lowest BCUT2D eigenvalue weighted by Crippen LogP contribution is -2.45. The van der Waals surface area contributed by atoms with Crippen molar-refractivity contribution < 1.29 is 13.2 Å². The molecule has 2 aromatic carbocycles. The summed E-state index contributed by atoms with van der Waals surface area (Å²) in [6.45, 7) is 2.94. The fourth-order valence-electron chi connectivity index (χ4n) is 4.64. The van der Waals surface area contributed by atoms with Gasteiger partial charge in [0.05, 0.1) is 4.90 Å². The molecule has 0 bridgehead atoms. The molecule has 0 spiro atoms. The van der Waals surface area contributed by atoms with Crippen LogP contribution in [0.2, 0.25) is 0 Å². The Morgan fingerprint density at radius 2 is 1.69 bits per heavy atom. The molecule has 32 heavy (non-hydrogen) atoms. The summed E-state index contributed by atoms with van der Waals surface area (Å²) in [4.78, 5) is 15.0. The minimum Gasteiger partial charge on any atom is -0.353 e. The van der Waals surface area contributed by atoms with Gasteiger partial charge < -0.3 is 5.32 Å². The van der Waals surface area contributed by atoms with Crippen molar-refractivity contribution in [2.45, 2.75) is 62.4 Å². The molecule has 1 amide bonds. The van der Waals surface area contributed by atoms with Crippen LogP contribution < -0.4 is 10.0 Å². The van der Waals surface area contributed by atoms with Crippen LogP contribution in [0.25, 0.3) is 0 Å². The molecule has 1 heterocycles. The maximum Gasteiger partial charge on any atom is 0.240 e. The molecule has 0 atom stereocenters. The highest BCUT2D eigenvalue weighted by Crippen LogP contribution is 2.24. The highest BCUT2D eigenvalue weighted by atomic mass is 32.2. The van der Waals surface area contributed by atoms with E-state index in [0.717, 1.165) is 57.3 Å². The lowest BCUT2D eigenvalue weighted by Gasteiger charge is -2.32. The quantitative estimate of drug-likeness (QED) is 0.641. The standard InChI is InChI=1S/C25H33N3O3S/c29-25(27-23-13-16-28(17-14-23)19-20-6-2-1-3-7-20)12-15-26-32(30,31)24-11-10-21-8-4-5-9-22(21)18-24/h1-3,6-7,10-11,18,23,26H,4-5,8-9,12-17,19H2,(H,27,29). The number of likely N-dealkylation sites (tertiary alicyclic amines) is 1. The number of benzene rings is 2. The van der Waals surface area contributed by atoms with E-state index in [1.807, 2.05) is 12.1 Å². The number of fused-ring (bicyclic) bond motifs is 1. The summed E-state index contributed by atoms with van der Waals surface area (Å²) in [7, 11) is -3.60. The first-order valence-corrected chi connectivity index (χ1v) is 13.1. The molecule has 0 aromatic heterocycles. The van der Waals surface area contributed by atoms with Crippen molar-refractivity contribution in [3.8, 4) is 0 Å². The summed E-state index contributed by atoms with van der Waals surface area (Å²) in [5, 5.41) is 3.07. The summed E-state index contributed by atoms with van der Waals surface area (Å²) in [5.41, 5.74) is 3.70. The molecule has 1 aliphatic carbocycles. The molecule has 0 saturated carbocycles. The van der Waals surface area contributed by atoms with Crippen LogP contribution in [0.4, 0.5) is 0 Å². The zero-order valence-corrected chi connectivity index (χ0v) is 19.4. The first kappa shape index (κ1) is 23.0. The molecular formula is C25H33N3O3S. The Labute approximate surface area is 191 Å². The first-order valence-electron chi connectivity index (χ1n) is 11.7. The van der Waals surface area contributed by atoms with Gasteiger partial charge in [0.2, 0.25) is 15.9 Å². The van der Waals surface area contributed by atoms with Crippen LogP contribution in [0.15, 0.2) is 53.4 Å². The molecule has 2 N–H and O–H groups in total. The molecule has 172 valence electrons. The third kappa shape index (κ3) is 6.18. The van der Waals surface area contributed by atoms with Crippen LogP contribution in [0.5, 0.6) is 0 Å². The number of hydrogen-bond donors (Lipinski definition) is 2. The van der Waals surface area contributed by atoms with Crippen molar-refractivity contribution in [3.05, 3.63) is 65.2 Å². The number of aryl methyl sites for hydroxylation is 2. The van der Waals surface area contributed by atoms with E-state index >= 15 is 0 Å². The van der Waals surface area contributed by atoms with Crippen LogP contribution in [0.3, 0.4) is 0 Å². The number of hydrogen-bond acceptors (Lipinski definition) is 4. The zero-order valence-electron chi connectivity index (χ0n) is 18.6. The molecule has 2 aromatic rings. The molecule has 4 rings (SSSR count). The van der Waals surface area contributed by atoms with Gasteiger partial charge in [0.25, 0.3) is 0 Å². The van der Waals surface area contributed by atoms with Crippen LogP contribution in [0, 0.1) is 0 Å². The molecule has 0 unspecified atom stereocenters. The number of amides is 1. The summed E-state index contributed by atoms with van der Waals surface area (Å²) in [6.07, 6.45) is 6.21. The van der Waals surface area contributed by atoms with Crippen molar-refractivity contribution >= 4 is 15.9 Å². The van der Waals surface area contributed by atoms with Crippen LogP contribution in [-0.4, -0.2) is 44.9 Å². The van der Waals surface area contributed by atoms with Crippen molar-refractivity contribution in [1.82, 2.24) is 14.9 Å². The lowest BCUT2D eigenvalue weighted by molar-refractivity contribution is -0.121. The Kier molecular flexibility index (Phi) is 7.60. The highest BCUT2D eigenvalue weighted by Gasteiger charge is 2.21. The fourth-order valence-corrected chi connectivity index (χ4v) is 5.72. The topological polar surface area (TPSA) is 78.5 Å². The predicted molar refractivity (Wildman–Crippen MR) is 126 cm³/mol. The molecule has 1 aliphatic heterocycles. The summed E-state index contributed by atoms with van der Waals surface area (Å²) in [5.74, 6) is -0.0975. The average molecular weight is 456 g/mol. The van der Waals surface area contributed by atoms with Gasteiger partial charge in [-0.1, -0.05) is 36.4 Å². The molecular weight excluding hydrogens is 422 g/mol. The van der Waals surface area contributed by atoms with Crippen LogP contribution in [-0.2, 0) is 34.2 Å². The number of piperidine rings is 1. The van der Waals surface area contributed by atoms with Gasteiger partial charge in [-0.15, -0.1) is 0 Å². The fraction of sp³-hybridized carbons (Fsp3) is 0.480. The van der Waals surface area contributed by atoms with Crippen molar-refractivity contribution in [2.24, 2.45) is 0 Å². The van der Waals surface area contributed by atoms with E-state index in [1.165, 1.54) is 17.5 Å². The molecule has 0 radical (unpaired) electrons. The van der Waals surface area contributed by atoms with E-state index < -0.39 is 10.0 Å². The minimum atomic E-state index is -3.60. The van der Waals surface area contributed by atoms with Gasteiger partial charge in [0.15, 0.2) is 0 Å². The number of sulfonamides is 1. The summed E-state index contributed by atoms with van der Waals surface area (Å²) < 4.78 is 27.8. The van der Waals surface area contributed by atoms with Gasteiger partial charge in [0, 0.05) is 38.6 Å². The predicted octanol–water partition coefficient (Wildman–Crippen LogP) is 3.01. The number of rotatable bonds is 8. The monoisotopic (exact) mass is 455 g/mol. The number of carbonyl (C=O) groups is 1. The average Bonchev–Trinajstić information content (AvgIpc) is 2.80. The lowest BCUT2D eigenvalue weighted by atomic mass is 9.92. The van der Waals surface area contributed by atoms with Crippen molar-refractivity contribution in [2.75, 3.05) is 19.6 Å². The normalized spacial score (nSPS) is 17.6. The summed E-state index contributed by atoms with van der Waals surface area (Å²) >= 11 is 0. The Bertz CT molecular complexity index is 1020. The second kappa shape index (κ2) is 10.6. The Balaban J connectivity index is 1.18. The second-order valence-electron chi connectivity index (χ2n) is 8.89. The maximum atomic E-state index is 12.6. The third-order valence-electron chi connectivity index (χ3n) is 6.48. The van der Waals surface area contributed by atoms with Gasteiger partial charge in [-0.2, -0.15) is 0 Å². The van der Waals surface area contributed by atoms with E-state index in [4.69, 9.17) is 0 Å². The van der Waals surface area contributed by atoms with E-state index in [0.29, 0.717) is 4.90 Å². The van der Waals surface area contributed by atoms with Crippen molar-refractivity contribution in [1.29, 1.82) is 0 Å². The first-order chi connectivity index (χ1) is 15.5. The number of nitrogens with zero attached hydrogens (tertiary/aromatic N) is 1. The Morgan fingerprint density at radius 3 is 2.44 bits per heavy atom. The molecule has 7 heteroatoms. The van der Waals surface area contributed by atoms with Gasteiger partial charge in [-0.25, -0.2) is 13.1 Å². The van der Waals surface area contributed by atoms with Gasteiger partial charge >= 0.3 is 0 Å². The number of nitrogens with one attached hydrogen (secondary N) is 2. The Morgan fingerprint density at radius 1 is 0.969 bits per heavy atom. The number of carbonyl (C=O) groups excluding carboxylic acids is 1. The highest BCUT2D eigenvalue weighted by molar-refractivity contribution is 7.89. The van der Waals surface area contributed by atoms with E-state index in [-0.39, 0.29) is 24.9 Å². The summed E-state index contributed by atoms with van der Waals surface area (Å²) in [6, 6.07) is 16.0. The van der Waals surface area contributed by atoms with E-state index in [2.05, 4.69) is 39.2 Å². The molecule has 2 aliphatic rings. The maximum absolute atomic E-state index is 12.6.